The van der Waals surface area contributed by atoms with Gasteiger partial charge >= 0.3 is 0 Å². The quantitative estimate of drug-likeness (QED) is 0.503. The van der Waals surface area contributed by atoms with Crippen molar-refractivity contribution in [3.63, 3.8) is 0 Å². The van der Waals surface area contributed by atoms with Crippen molar-refractivity contribution in [1.29, 1.82) is 0 Å². The number of H-pyrrole nitrogens is 1. The maximum absolute atomic E-state index is 10.5. The minimum absolute atomic E-state index is 0.0616. The van der Waals surface area contributed by atoms with Crippen molar-refractivity contribution >= 4 is 17.9 Å². The molecule has 0 fully saturated rings. The van der Waals surface area contributed by atoms with Gasteiger partial charge in [-0.1, -0.05) is 0 Å². The van der Waals surface area contributed by atoms with Crippen LogP contribution in [0.3, 0.4) is 0 Å². The Morgan fingerprint density at radius 3 is 2.53 bits per heavy atom. The third kappa shape index (κ3) is 2.54. The zero-order valence-corrected chi connectivity index (χ0v) is 9.82. The Balaban J connectivity index is 2.46. The lowest BCUT2D eigenvalue weighted by Crippen LogP contribution is -1.91. The van der Waals surface area contributed by atoms with Crippen LogP contribution < -0.4 is 0 Å². The van der Waals surface area contributed by atoms with Gasteiger partial charge in [0, 0.05) is 23.4 Å². The first-order chi connectivity index (χ1) is 8.06. The first kappa shape index (κ1) is 11.4. The van der Waals surface area contributed by atoms with Gasteiger partial charge in [-0.3, -0.25) is 10.1 Å². The summed E-state index contributed by atoms with van der Waals surface area (Å²) in [5.41, 5.74) is 2.48. The number of benzene rings is 1. The van der Waals surface area contributed by atoms with Crippen molar-refractivity contribution in [2.24, 2.45) is 0 Å². The highest BCUT2D eigenvalue weighted by Crippen LogP contribution is 2.20. The Morgan fingerprint density at radius 1 is 1.35 bits per heavy atom. The molecule has 0 amide bonds. The summed E-state index contributed by atoms with van der Waals surface area (Å²) in [4.78, 5) is 17.2. The molecule has 0 aliphatic heterocycles. The van der Waals surface area contributed by atoms with Gasteiger partial charge in [0.25, 0.3) is 5.69 Å². The molecule has 0 spiro atoms. The van der Waals surface area contributed by atoms with E-state index >= 15 is 0 Å². The Labute approximate surface area is 102 Å². The molecule has 0 bridgehead atoms. The number of hydrogen-bond acceptors (Lipinski definition) is 4. The second kappa shape index (κ2) is 4.42. The smallest absolute Gasteiger partial charge is 0.269 e. The minimum Gasteiger partial charge on any atom is -0.335 e. The Hall–Kier alpha value is -2.08. The molecule has 6 heteroatoms. The molecule has 0 saturated carbocycles. The number of nitrogens with one attached hydrogen (secondary N) is 1. The number of hydrogen-bond donors (Lipinski definition) is 1. The number of aromatic amines is 1. The van der Waals surface area contributed by atoms with Crippen LogP contribution in [-0.4, -0.2) is 14.9 Å². The van der Waals surface area contributed by atoms with Crippen molar-refractivity contribution in [2.75, 3.05) is 0 Å². The molecular weight excluding hydrogens is 238 g/mol. The lowest BCUT2D eigenvalue weighted by molar-refractivity contribution is -0.384. The summed E-state index contributed by atoms with van der Waals surface area (Å²) in [5, 5.41) is 10.5. The molecule has 1 N–H and O–H groups in total. The molecule has 0 radical (unpaired) electrons. The predicted octanol–water partition coefficient (Wildman–Crippen LogP) is 3.02. The number of aryl methyl sites for hydroxylation is 1. The third-order valence-electron chi connectivity index (χ3n) is 2.25. The fraction of sp³-hybridized carbons (Fsp3) is 0.0909. The van der Waals surface area contributed by atoms with Crippen LogP contribution in [0.2, 0.25) is 0 Å². The van der Waals surface area contributed by atoms with Crippen molar-refractivity contribution < 1.29 is 4.92 Å². The SMILES string of the molecule is Cc1cc(-c2ccc([N+](=O)[O-])cc2)nc(=S)[nH]1. The van der Waals surface area contributed by atoms with E-state index in [4.69, 9.17) is 12.2 Å². The molecule has 0 unspecified atom stereocenters. The molecule has 86 valence electrons. The number of nitro groups is 1. The van der Waals surface area contributed by atoms with E-state index < -0.39 is 4.92 Å². The summed E-state index contributed by atoms with van der Waals surface area (Å²) in [7, 11) is 0. The van der Waals surface area contributed by atoms with Crippen LogP contribution in [0, 0.1) is 21.8 Å². The van der Waals surface area contributed by atoms with Crippen LogP contribution in [-0.2, 0) is 0 Å². The molecule has 5 nitrogen and oxygen atoms in total. The van der Waals surface area contributed by atoms with E-state index in [1.807, 2.05) is 13.0 Å². The molecular formula is C11H9N3O2S. The van der Waals surface area contributed by atoms with E-state index in [2.05, 4.69) is 9.97 Å². The van der Waals surface area contributed by atoms with Crippen LogP contribution in [0.5, 0.6) is 0 Å². The van der Waals surface area contributed by atoms with Gasteiger partial charge in [-0.25, -0.2) is 4.98 Å². The summed E-state index contributed by atoms with van der Waals surface area (Å²) in [6, 6.07) is 8.07. The van der Waals surface area contributed by atoms with E-state index in [0.717, 1.165) is 11.3 Å². The van der Waals surface area contributed by atoms with Gasteiger partial charge < -0.3 is 4.98 Å². The first-order valence-electron chi connectivity index (χ1n) is 4.89. The largest absolute Gasteiger partial charge is 0.335 e. The van der Waals surface area contributed by atoms with E-state index in [1.165, 1.54) is 12.1 Å². The number of aromatic nitrogens is 2. The number of nitrogens with zero attached hydrogens (tertiary/aromatic N) is 2. The minimum atomic E-state index is -0.431. The summed E-state index contributed by atoms with van der Waals surface area (Å²) in [6.45, 7) is 1.88. The third-order valence-corrected chi connectivity index (χ3v) is 2.45. The average molecular weight is 247 g/mol. The zero-order valence-electron chi connectivity index (χ0n) is 9.01. The van der Waals surface area contributed by atoms with Crippen molar-refractivity contribution in [3.05, 3.63) is 50.9 Å². The van der Waals surface area contributed by atoms with Crippen LogP contribution in [0.25, 0.3) is 11.3 Å². The predicted molar refractivity (Wildman–Crippen MR) is 66.2 cm³/mol. The molecule has 2 rings (SSSR count). The van der Waals surface area contributed by atoms with Gasteiger partial charge in [-0.2, -0.15) is 0 Å². The maximum Gasteiger partial charge on any atom is 0.269 e. The Bertz CT molecular complexity index is 619. The van der Waals surface area contributed by atoms with Crippen LogP contribution in [0.1, 0.15) is 5.69 Å². The van der Waals surface area contributed by atoms with E-state index in [0.29, 0.717) is 10.5 Å². The second-order valence-corrected chi connectivity index (χ2v) is 3.95. The van der Waals surface area contributed by atoms with Crippen molar-refractivity contribution in [3.8, 4) is 11.3 Å². The highest BCUT2D eigenvalue weighted by Gasteiger charge is 2.06. The lowest BCUT2D eigenvalue weighted by Gasteiger charge is -2.01. The molecule has 1 heterocycles. The normalized spacial score (nSPS) is 10.2. The summed E-state index contributed by atoms with van der Waals surface area (Å²) >= 11 is 4.98. The Morgan fingerprint density at radius 2 is 2.00 bits per heavy atom. The van der Waals surface area contributed by atoms with E-state index in [-0.39, 0.29) is 5.69 Å². The van der Waals surface area contributed by atoms with Gasteiger partial charge in [0.05, 0.1) is 10.6 Å². The molecule has 1 aromatic heterocycles. The van der Waals surface area contributed by atoms with E-state index in [1.54, 1.807) is 12.1 Å². The molecule has 0 atom stereocenters. The van der Waals surface area contributed by atoms with Gasteiger partial charge in [0.2, 0.25) is 0 Å². The fourth-order valence-electron chi connectivity index (χ4n) is 1.48. The highest BCUT2D eigenvalue weighted by atomic mass is 32.1. The second-order valence-electron chi connectivity index (χ2n) is 3.56. The standard InChI is InChI=1S/C11H9N3O2S/c1-7-6-10(13-11(17)12-7)8-2-4-9(5-3-8)14(15)16/h2-6H,1H3,(H,12,13,17). The van der Waals surface area contributed by atoms with Crippen molar-refractivity contribution in [2.45, 2.75) is 6.92 Å². The zero-order chi connectivity index (χ0) is 12.4. The summed E-state index contributed by atoms with van der Waals surface area (Å²) in [6.07, 6.45) is 0. The van der Waals surface area contributed by atoms with E-state index in [9.17, 15) is 10.1 Å². The maximum atomic E-state index is 10.5. The van der Waals surface area contributed by atoms with Gasteiger partial charge in [0.1, 0.15) is 0 Å². The Kier molecular flexibility index (Phi) is 2.97. The molecule has 0 aliphatic carbocycles. The monoisotopic (exact) mass is 247 g/mol. The topological polar surface area (TPSA) is 71.8 Å². The van der Waals surface area contributed by atoms with Gasteiger partial charge in [0.15, 0.2) is 4.77 Å². The van der Waals surface area contributed by atoms with Crippen molar-refractivity contribution in [1.82, 2.24) is 9.97 Å². The molecule has 17 heavy (non-hydrogen) atoms. The molecule has 0 aliphatic rings. The van der Waals surface area contributed by atoms with Gasteiger partial charge in [-0.05, 0) is 37.3 Å². The summed E-state index contributed by atoms with van der Waals surface area (Å²) in [5.74, 6) is 0. The van der Waals surface area contributed by atoms with Crippen LogP contribution >= 0.6 is 12.2 Å². The van der Waals surface area contributed by atoms with Crippen LogP contribution in [0.15, 0.2) is 30.3 Å². The molecule has 1 aromatic carbocycles. The highest BCUT2D eigenvalue weighted by molar-refractivity contribution is 7.71. The lowest BCUT2D eigenvalue weighted by atomic mass is 10.1. The average Bonchev–Trinajstić information content (AvgIpc) is 2.28. The van der Waals surface area contributed by atoms with Crippen LogP contribution in [0.4, 0.5) is 5.69 Å². The fourth-order valence-corrected chi connectivity index (χ4v) is 1.74. The number of non-ortho nitro benzene ring substituents is 1. The number of nitro benzene ring substituents is 1. The first-order valence-corrected chi connectivity index (χ1v) is 5.30. The molecule has 0 saturated heterocycles. The van der Waals surface area contributed by atoms with Gasteiger partial charge in [-0.15, -0.1) is 0 Å². The molecule has 2 aromatic rings. The number of rotatable bonds is 2. The summed E-state index contributed by atoms with van der Waals surface area (Å²) < 4.78 is 0.401.